The molecule has 0 bridgehead atoms. The highest BCUT2D eigenvalue weighted by molar-refractivity contribution is 6.05. The Hall–Kier alpha value is -3.73. The Morgan fingerprint density at radius 1 is 0.767 bits per heavy atom. The van der Waals surface area contributed by atoms with Gasteiger partial charge < -0.3 is 5.32 Å². The minimum Gasteiger partial charge on any atom is -0.322 e. The maximum absolute atomic E-state index is 12.5. The fourth-order valence-electron chi connectivity index (χ4n) is 3.01. The first-order valence-electron chi connectivity index (χ1n) is 9.85. The Balaban J connectivity index is 1.67. The standard InChI is InChI=1S/C25H25N3O2/c1-17(2)23(19-9-5-4-6-10-19)27-28-25(30)20-12-14-22(15-13-20)26-24(29)21-11-7-8-18(3)16-21/h4-17H,1-3H3,(H,26,29)(H,28,30)/b27-23+. The summed E-state index contributed by atoms with van der Waals surface area (Å²) in [6.45, 7) is 6.00. The van der Waals surface area contributed by atoms with Crippen molar-refractivity contribution in [3.63, 3.8) is 0 Å². The molecule has 0 aliphatic carbocycles. The number of carbonyl (C=O) groups is 2. The summed E-state index contributed by atoms with van der Waals surface area (Å²) in [5.74, 6) is -0.336. The molecule has 0 aliphatic heterocycles. The normalized spacial score (nSPS) is 11.3. The summed E-state index contributed by atoms with van der Waals surface area (Å²) in [6, 6.07) is 23.9. The van der Waals surface area contributed by atoms with E-state index in [0.29, 0.717) is 16.8 Å². The smallest absolute Gasteiger partial charge is 0.271 e. The molecule has 5 nitrogen and oxygen atoms in total. The molecule has 0 aliphatic rings. The Kier molecular flexibility index (Phi) is 6.75. The average Bonchev–Trinajstić information content (AvgIpc) is 2.75. The van der Waals surface area contributed by atoms with Crippen LogP contribution in [-0.4, -0.2) is 17.5 Å². The molecule has 0 aromatic heterocycles. The van der Waals surface area contributed by atoms with Gasteiger partial charge in [0, 0.05) is 16.8 Å². The van der Waals surface area contributed by atoms with Crippen molar-refractivity contribution >= 4 is 23.2 Å². The van der Waals surface area contributed by atoms with Gasteiger partial charge in [-0.2, -0.15) is 5.10 Å². The van der Waals surface area contributed by atoms with E-state index in [9.17, 15) is 9.59 Å². The molecule has 0 saturated carbocycles. The molecular formula is C25H25N3O2. The van der Waals surface area contributed by atoms with Gasteiger partial charge in [-0.05, 0) is 54.8 Å². The van der Waals surface area contributed by atoms with Crippen LogP contribution in [-0.2, 0) is 0 Å². The summed E-state index contributed by atoms with van der Waals surface area (Å²) in [4.78, 5) is 24.8. The molecule has 0 saturated heterocycles. The second-order valence-electron chi connectivity index (χ2n) is 7.36. The first kappa shape index (κ1) is 21.0. The van der Waals surface area contributed by atoms with Crippen molar-refractivity contribution in [2.45, 2.75) is 20.8 Å². The molecule has 3 rings (SSSR count). The van der Waals surface area contributed by atoms with Crippen molar-refractivity contribution in [2.75, 3.05) is 5.32 Å². The maximum Gasteiger partial charge on any atom is 0.271 e. The summed E-state index contributed by atoms with van der Waals surface area (Å²) in [7, 11) is 0. The van der Waals surface area contributed by atoms with Gasteiger partial charge in [-0.3, -0.25) is 9.59 Å². The number of rotatable bonds is 6. The maximum atomic E-state index is 12.5. The van der Waals surface area contributed by atoms with Gasteiger partial charge in [0.15, 0.2) is 0 Å². The number of amides is 2. The number of benzene rings is 3. The summed E-state index contributed by atoms with van der Waals surface area (Å²) in [5, 5.41) is 7.18. The van der Waals surface area contributed by atoms with Crippen molar-refractivity contribution in [3.05, 3.63) is 101 Å². The zero-order valence-corrected chi connectivity index (χ0v) is 17.3. The summed E-state index contributed by atoms with van der Waals surface area (Å²) in [6.07, 6.45) is 0. The van der Waals surface area contributed by atoms with Crippen molar-refractivity contribution in [1.82, 2.24) is 5.43 Å². The molecule has 30 heavy (non-hydrogen) atoms. The summed E-state index contributed by atoms with van der Waals surface area (Å²) >= 11 is 0. The Morgan fingerprint density at radius 3 is 2.07 bits per heavy atom. The predicted molar refractivity (Wildman–Crippen MR) is 121 cm³/mol. The third-order valence-corrected chi connectivity index (χ3v) is 4.58. The Morgan fingerprint density at radius 2 is 1.43 bits per heavy atom. The summed E-state index contributed by atoms with van der Waals surface area (Å²) in [5.41, 5.74) is 7.11. The number of carbonyl (C=O) groups excluding carboxylic acids is 2. The highest BCUT2D eigenvalue weighted by atomic mass is 16.2. The fraction of sp³-hybridized carbons (Fsp3) is 0.160. The second-order valence-corrected chi connectivity index (χ2v) is 7.36. The molecule has 0 fully saturated rings. The molecule has 0 atom stereocenters. The monoisotopic (exact) mass is 399 g/mol. The van der Waals surface area contributed by atoms with E-state index in [2.05, 4.69) is 15.8 Å². The van der Waals surface area contributed by atoms with Gasteiger partial charge in [0.05, 0.1) is 5.71 Å². The van der Waals surface area contributed by atoms with Crippen LogP contribution in [0.3, 0.4) is 0 Å². The third kappa shape index (κ3) is 5.41. The molecule has 0 spiro atoms. The summed E-state index contributed by atoms with van der Waals surface area (Å²) < 4.78 is 0. The van der Waals surface area contributed by atoms with E-state index >= 15 is 0 Å². The molecule has 152 valence electrons. The van der Waals surface area contributed by atoms with Crippen molar-refractivity contribution in [2.24, 2.45) is 11.0 Å². The van der Waals surface area contributed by atoms with Gasteiger partial charge in [0.2, 0.25) is 0 Å². The van der Waals surface area contributed by atoms with E-state index in [1.807, 2.05) is 69.3 Å². The molecule has 3 aromatic rings. The van der Waals surface area contributed by atoms with E-state index in [1.165, 1.54) is 0 Å². The minimum atomic E-state index is -0.305. The molecular weight excluding hydrogens is 374 g/mol. The lowest BCUT2D eigenvalue weighted by atomic mass is 10.0. The van der Waals surface area contributed by atoms with Gasteiger partial charge in [-0.25, -0.2) is 5.43 Å². The van der Waals surface area contributed by atoms with E-state index in [0.717, 1.165) is 16.8 Å². The predicted octanol–water partition coefficient (Wildman–Crippen LogP) is 5.04. The first-order chi connectivity index (χ1) is 14.4. The zero-order chi connectivity index (χ0) is 21.5. The lowest BCUT2D eigenvalue weighted by Gasteiger charge is -2.11. The molecule has 0 radical (unpaired) electrons. The Bertz CT molecular complexity index is 1060. The van der Waals surface area contributed by atoms with E-state index in [1.54, 1.807) is 30.3 Å². The van der Waals surface area contributed by atoms with Crippen LogP contribution in [0.4, 0.5) is 5.69 Å². The van der Waals surface area contributed by atoms with E-state index in [4.69, 9.17) is 0 Å². The van der Waals surface area contributed by atoms with Crippen LogP contribution in [0.25, 0.3) is 0 Å². The number of aryl methyl sites for hydroxylation is 1. The largest absolute Gasteiger partial charge is 0.322 e. The van der Waals surface area contributed by atoms with Crippen LogP contribution in [0.1, 0.15) is 45.7 Å². The number of hydrogen-bond acceptors (Lipinski definition) is 3. The van der Waals surface area contributed by atoms with Crippen LogP contribution >= 0.6 is 0 Å². The second kappa shape index (κ2) is 9.65. The van der Waals surface area contributed by atoms with Crippen molar-refractivity contribution in [3.8, 4) is 0 Å². The van der Waals surface area contributed by atoms with E-state index in [-0.39, 0.29) is 17.7 Å². The van der Waals surface area contributed by atoms with E-state index < -0.39 is 0 Å². The van der Waals surface area contributed by atoms with Gasteiger partial charge >= 0.3 is 0 Å². The van der Waals surface area contributed by atoms with Crippen molar-refractivity contribution < 1.29 is 9.59 Å². The number of nitrogens with zero attached hydrogens (tertiary/aromatic N) is 1. The molecule has 2 N–H and O–H groups in total. The molecule has 5 heteroatoms. The Labute approximate surface area is 176 Å². The van der Waals surface area contributed by atoms with Crippen LogP contribution in [0.15, 0.2) is 84.0 Å². The molecule has 2 amide bonds. The van der Waals surface area contributed by atoms with Gasteiger partial charge in [-0.1, -0.05) is 61.9 Å². The van der Waals surface area contributed by atoms with Crippen LogP contribution < -0.4 is 10.7 Å². The van der Waals surface area contributed by atoms with Gasteiger partial charge in [0.1, 0.15) is 0 Å². The van der Waals surface area contributed by atoms with Crippen LogP contribution in [0, 0.1) is 12.8 Å². The van der Waals surface area contributed by atoms with Crippen LogP contribution in [0.2, 0.25) is 0 Å². The first-order valence-corrected chi connectivity index (χ1v) is 9.85. The third-order valence-electron chi connectivity index (χ3n) is 4.58. The quantitative estimate of drug-likeness (QED) is 0.450. The molecule has 0 unspecified atom stereocenters. The number of nitrogens with one attached hydrogen (secondary N) is 2. The van der Waals surface area contributed by atoms with Gasteiger partial charge in [0.25, 0.3) is 11.8 Å². The average molecular weight is 399 g/mol. The number of anilines is 1. The molecule has 0 heterocycles. The fourth-order valence-corrected chi connectivity index (χ4v) is 3.01. The van der Waals surface area contributed by atoms with Gasteiger partial charge in [-0.15, -0.1) is 0 Å². The SMILES string of the molecule is Cc1cccc(C(=O)Nc2ccc(C(=O)N/N=C(/c3ccccc3)C(C)C)cc2)c1. The highest BCUT2D eigenvalue weighted by Crippen LogP contribution is 2.13. The van der Waals surface area contributed by atoms with Crippen molar-refractivity contribution in [1.29, 1.82) is 0 Å². The van der Waals surface area contributed by atoms with Crippen LogP contribution in [0.5, 0.6) is 0 Å². The highest BCUT2D eigenvalue weighted by Gasteiger charge is 2.11. The lowest BCUT2D eigenvalue weighted by Crippen LogP contribution is -2.22. The number of hydrogen-bond donors (Lipinski definition) is 2. The number of hydrazone groups is 1. The topological polar surface area (TPSA) is 70.6 Å². The lowest BCUT2D eigenvalue weighted by molar-refractivity contribution is 0.0954. The molecule has 3 aromatic carbocycles. The minimum absolute atomic E-state index is 0.159. The zero-order valence-electron chi connectivity index (χ0n) is 17.3.